The van der Waals surface area contributed by atoms with E-state index in [4.69, 9.17) is 23.8 Å². The van der Waals surface area contributed by atoms with Crippen molar-refractivity contribution in [3.8, 4) is 12.3 Å². The van der Waals surface area contributed by atoms with Gasteiger partial charge in [0.05, 0.1) is 6.04 Å². The lowest BCUT2D eigenvalue weighted by Crippen LogP contribution is -2.39. The van der Waals surface area contributed by atoms with E-state index in [1.807, 2.05) is 30.3 Å². The molecule has 0 aromatic heterocycles. The van der Waals surface area contributed by atoms with Crippen LogP contribution in [-0.2, 0) is 6.54 Å². The van der Waals surface area contributed by atoms with Gasteiger partial charge in [-0.2, -0.15) is 0 Å². The largest absolute Gasteiger partial charge is 0.370 e. The van der Waals surface area contributed by atoms with E-state index < -0.39 is 0 Å². The maximum absolute atomic E-state index is 6.11. The summed E-state index contributed by atoms with van der Waals surface area (Å²) < 4.78 is 0. The molecule has 6 heteroatoms. The third-order valence-electron chi connectivity index (χ3n) is 4.79. The van der Waals surface area contributed by atoms with Crippen LogP contribution in [0.2, 0.25) is 5.02 Å². The summed E-state index contributed by atoms with van der Waals surface area (Å²) in [7, 11) is 0. The van der Waals surface area contributed by atoms with Gasteiger partial charge < -0.3 is 11.1 Å². The molecule has 3 N–H and O–H groups in total. The van der Waals surface area contributed by atoms with Crippen molar-refractivity contribution in [1.29, 1.82) is 0 Å². The van der Waals surface area contributed by atoms with E-state index >= 15 is 0 Å². The highest BCUT2D eigenvalue weighted by Gasteiger charge is 2.19. The number of halogens is 2. The van der Waals surface area contributed by atoms with Gasteiger partial charge in [0.15, 0.2) is 5.96 Å². The van der Waals surface area contributed by atoms with Crippen molar-refractivity contribution >= 4 is 41.5 Å². The van der Waals surface area contributed by atoms with Crippen LogP contribution >= 0.6 is 35.6 Å². The molecule has 28 heavy (non-hydrogen) atoms. The minimum absolute atomic E-state index is 0. The zero-order chi connectivity index (χ0) is 19.1. The Hall–Kier alpha value is -1.75. The Morgan fingerprint density at radius 2 is 1.82 bits per heavy atom. The van der Waals surface area contributed by atoms with Gasteiger partial charge in [0.2, 0.25) is 0 Å². The molecule has 1 aliphatic heterocycles. The fourth-order valence-electron chi connectivity index (χ4n) is 3.31. The number of terminal acetylenes is 1. The maximum atomic E-state index is 6.11. The highest BCUT2D eigenvalue weighted by Crippen LogP contribution is 2.18. The molecule has 1 fully saturated rings. The molecule has 0 bridgehead atoms. The second-order valence-corrected chi connectivity index (χ2v) is 7.24. The lowest BCUT2D eigenvalue weighted by molar-refractivity contribution is 0.206. The van der Waals surface area contributed by atoms with Crippen LogP contribution in [0.5, 0.6) is 0 Å². The van der Waals surface area contributed by atoms with Crippen LogP contribution in [0.3, 0.4) is 0 Å². The lowest BCUT2D eigenvalue weighted by Gasteiger charge is -2.30. The number of piperidine rings is 1. The molecule has 1 heterocycles. The lowest BCUT2D eigenvalue weighted by atomic mass is 10.0. The van der Waals surface area contributed by atoms with Crippen molar-refractivity contribution in [2.45, 2.75) is 31.5 Å². The van der Waals surface area contributed by atoms with Gasteiger partial charge in [0, 0.05) is 24.7 Å². The van der Waals surface area contributed by atoms with Crippen molar-refractivity contribution in [2.75, 3.05) is 13.1 Å². The summed E-state index contributed by atoms with van der Waals surface area (Å²) in [6.45, 7) is 3.03. The number of likely N-dealkylation sites (tertiary alicyclic amines) is 1. The molecule has 2 aromatic rings. The van der Waals surface area contributed by atoms with Crippen LogP contribution in [-0.4, -0.2) is 30.0 Å². The van der Waals surface area contributed by atoms with Crippen molar-refractivity contribution in [3.63, 3.8) is 0 Å². The van der Waals surface area contributed by atoms with Gasteiger partial charge in [0.1, 0.15) is 6.04 Å². The number of nitrogens with two attached hydrogens (primary N) is 1. The third kappa shape index (κ3) is 6.69. The van der Waals surface area contributed by atoms with Crippen molar-refractivity contribution in [3.05, 3.63) is 70.7 Å². The molecule has 1 saturated heterocycles. The number of benzene rings is 2. The first kappa shape index (κ1) is 22.5. The fraction of sp³-hybridized carbons (Fsp3) is 0.318. The van der Waals surface area contributed by atoms with Gasteiger partial charge in [0.25, 0.3) is 0 Å². The summed E-state index contributed by atoms with van der Waals surface area (Å²) in [4.78, 5) is 7.10. The summed E-state index contributed by atoms with van der Waals surface area (Å²) in [5, 5.41) is 3.81. The zero-order valence-corrected chi connectivity index (χ0v) is 18.8. The van der Waals surface area contributed by atoms with Crippen LogP contribution in [0.25, 0.3) is 0 Å². The standard InChI is InChI=1S/C22H25ClN4.HI/c1-2-21(18-8-10-19(23)11-9-18)26-22(24)25-20-12-14-27(15-13-20)16-17-6-4-3-5-7-17;/h1,3-11,20-21H,12-16H2,(H3,24,25,26);1H. The Balaban J connectivity index is 0.00000280. The molecule has 148 valence electrons. The Bertz CT molecular complexity index is 794. The molecular weight excluding hydrogens is 483 g/mol. The molecule has 3 rings (SSSR count). The monoisotopic (exact) mass is 508 g/mol. The van der Waals surface area contributed by atoms with Crippen molar-refractivity contribution in [2.24, 2.45) is 10.7 Å². The van der Waals surface area contributed by atoms with E-state index in [0.29, 0.717) is 11.0 Å². The van der Waals surface area contributed by atoms with Gasteiger partial charge in [-0.05, 0) is 36.1 Å². The molecule has 0 saturated carbocycles. The molecule has 1 unspecified atom stereocenters. The van der Waals surface area contributed by atoms with E-state index in [9.17, 15) is 0 Å². The molecule has 1 atom stereocenters. The molecule has 0 aliphatic carbocycles. The molecule has 1 aliphatic rings. The predicted octanol–water partition coefficient (Wildman–Crippen LogP) is 4.20. The van der Waals surface area contributed by atoms with E-state index in [2.05, 4.69) is 45.4 Å². The summed E-state index contributed by atoms with van der Waals surface area (Å²) >= 11 is 5.93. The Labute approximate surface area is 189 Å². The summed E-state index contributed by atoms with van der Waals surface area (Å²) in [5.41, 5.74) is 8.40. The van der Waals surface area contributed by atoms with E-state index in [1.54, 1.807) is 0 Å². The average Bonchev–Trinajstić information content (AvgIpc) is 2.69. The minimum atomic E-state index is -0.316. The summed E-state index contributed by atoms with van der Waals surface area (Å²) in [6, 6.07) is 17.9. The number of hydrogen-bond donors (Lipinski definition) is 2. The quantitative estimate of drug-likeness (QED) is 0.275. The summed E-state index contributed by atoms with van der Waals surface area (Å²) in [6.07, 6.45) is 7.65. The van der Waals surface area contributed by atoms with Gasteiger partial charge in [-0.1, -0.05) is 60.0 Å². The van der Waals surface area contributed by atoms with Crippen molar-refractivity contribution in [1.82, 2.24) is 10.2 Å². The normalized spacial score (nSPS) is 16.6. The topological polar surface area (TPSA) is 53.6 Å². The number of nitrogens with zero attached hydrogens (tertiary/aromatic N) is 2. The second-order valence-electron chi connectivity index (χ2n) is 6.80. The maximum Gasteiger partial charge on any atom is 0.190 e. The first-order valence-electron chi connectivity index (χ1n) is 9.21. The Morgan fingerprint density at radius 1 is 1.18 bits per heavy atom. The van der Waals surface area contributed by atoms with E-state index in [1.165, 1.54) is 5.56 Å². The van der Waals surface area contributed by atoms with Gasteiger partial charge in [-0.15, -0.1) is 30.4 Å². The van der Waals surface area contributed by atoms with Crippen LogP contribution in [0.15, 0.2) is 59.6 Å². The SMILES string of the molecule is C#CC(NC(N)=NC1CCN(Cc2ccccc2)CC1)c1ccc(Cl)cc1.I. The Kier molecular flexibility index (Phi) is 9.10. The molecule has 0 spiro atoms. The first-order chi connectivity index (χ1) is 13.1. The number of nitrogens with one attached hydrogen (secondary N) is 1. The van der Waals surface area contributed by atoms with Crippen LogP contribution in [0.4, 0.5) is 0 Å². The highest BCUT2D eigenvalue weighted by atomic mass is 127. The number of guanidine groups is 1. The van der Waals surface area contributed by atoms with Crippen LogP contribution in [0, 0.1) is 12.3 Å². The van der Waals surface area contributed by atoms with Crippen LogP contribution in [0.1, 0.15) is 30.0 Å². The third-order valence-corrected chi connectivity index (χ3v) is 5.04. The highest BCUT2D eigenvalue weighted by molar-refractivity contribution is 14.0. The van der Waals surface area contributed by atoms with Gasteiger partial charge >= 0.3 is 0 Å². The minimum Gasteiger partial charge on any atom is -0.370 e. The number of rotatable bonds is 5. The van der Waals surface area contributed by atoms with Gasteiger partial charge in [-0.3, -0.25) is 4.90 Å². The average molecular weight is 509 g/mol. The molecule has 0 amide bonds. The molecule has 0 radical (unpaired) electrons. The van der Waals surface area contributed by atoms with E-state index in [-0.39, 0.29) is 36.1 Å². The number of hydrogen-bond acceptors (Lipinski definition) is 2. The second kappa shape index (κ2) is 11.3. The van der Waals surface area contributed by atoms with E-state index in [0.717, 1.165) is 38.0 Å². The predicted molar refractivity (Wildman–Crippen MR) is 128 cm³/mol. The van der Waals surface area contributed by atoms with Gasteiger partial charge in [-0.25, -0.2) is 4.99 Å². The summed E-state index contributed by atoms with van der Waals surface area (Å²) in [5.74, 6) is 3.11. The number of aliphatic imine (C=N–C) groups is 1. The molecule has 4 nitrogen and oxygen atoms in total. The first-order valence-corrected chi connectivity index (χ1v) is 9.59. The van der Waals surface area contributed by atoms with Crippen molar-refractivity contribution < 1.29 is 0 Å². The Morgan fingerprint density at radius 3 is 2.43 bits per heavy atom. The zero-order valence-electron chi connectivity index (χ0n) is 15.7. The fourth-order valence-corrected chi connectivity index (χ4v) is 3.43. The molecule has 2 aromatic carbocycles. The smallest absolute Gasteiger partial charge is 0.190 e. The molecular formula is C22H26ClIN4. The van der Waals surface area contributed by atoms with Crippen LogP contribution < -0.4 is 11.1 Å².